The first-order valence-corrected chi connectivity index (χ1v) is 8.26. The fourth-order valence-electron chi connectivity index (χ4n) is 1.95. The molecule has 0 N–H and O–H groups in total. The van der Waals surface area contributed by atoms with Gasteiger partial charge in [0.05, 0.1) is 12.0 Å². The van der Waals surface area contributed by atoms with E-state index in [-0.39, 0.29) is 23.0 Å². The average Bonchev–Trinajstić information content (AvgIpc) is 2.46. The Labute approximate surface area is 125 Å². The van der Waals surface area contributed by atoms with Crippen molar-refractivity contribution in [1.29, 1.82) is 0 Å². The molecule has 5 nitrogen and oxygen atoms in total. The van der Waals surface area contributed by atoms with E-state index in [1.165, 1.54) is 24.3 Å². The predicted molar refractivity (Wildman–Crippen MR) is 78.9 cm³/mol. The summed E-state index contributed by atoms with van der Waals surface area (Å²) in [5.41, 5.74) is 0.454. The van der Waals surface area contributed by atoms with Gasteiger partial charge in [-0.1, -0.05) is 32.9 Å². The highest BCUT2D eigenvalue weighted by Gasteiger charge is 2.33. The molecule has 1 rings (SSSR count). The number of ether oxygens (including phenoxy) is 1. The van der Waals surface area contributed by atoms with Crippen LogP contribution in [0.25, 0.3) is 0 Å². The van der Waals surface area contributed by atoms with Crippen molar-refractivity contribution in [2.45, 2.75) is 37.3 Å². The van der Waals surface area contributed by atoms with Gasteiger partial charge < -0.3 is 4.74 Å². The standard InChI is InChI=1S/C15H20O5S/c1-5-13(15(17)20-4)21(18,19)12-8-6-11(7-9-12)14(16)10(2)3/h6-10,13H,5H2,1-4H3. The number of rotatable bonds is 6. The highest BCUT2D eigenvalue weighted by Crippen LogP contribution is 2.21. The predicted octanol–water partition coefficient (Wildman–Crippen LogP) is 2.25. The highest BCUT2D eigenvalue weighted by molar-refractivity contribution is 7.92. The second kappa shape index (κ2) is 6.85. The molecule has 1 aromatic rings. The van der Waals surface area contributed by atoms with Gasteiger partial charge in [0.2, 0.25) is 0 Å². The monoisotopic (exact) mass is 312 g/mol. The van der Waals surface area contributed by atoms with Crippen LogP contribution in [-0.2, 0) is 19.4 Å². The zero-order valence-corrected chi connectivity index (χ0v) is 13.4. The Kier molecular flexibility index (Phi) is 5.66. The summed E-state index contributed by atoms with van der Waals surface area (Å²) in [5, 5.41) is -1.23. The van der Waals surface area contributed by atoms with Crippen LogP contribution < -0.4 is 0 Å². The molecule has 0 aromatic heterocycles. The summed E-state index contributed by atoms with van der Waals surface area (Å²) in [5.74, 6) is -0.996. The normalized spacial score (nSPS) is 13.0. The molecule has 116 valence electrons. The molecule has 1 aromatic carbocycles. The van der Waals surface area contributed by atoms with Crippen LogP contribution in [0.15, 0.2) is 29.2 Å². The van der Waals surface area contributed by atoms with E-state index in [0.717, 1.165) is 7.11 Å². The van der Waals surface area contributed by atoms with E-state index >= 15 is 0 Å². The lowest BCUT2D eigenvalue weighted by Crippen LogP contribution is -2.30. The van der Waals surface area contributed by atoms with Crippen molar-refractivity contribution in [3.8, 4) is 0 Å². The Balaban J connectivity index is 3.16. The van der Waals surface area contributed by atoms with Crippen molar-refractivity contribution >= 4 is 21.6 Å². The first-order chi connectivity index (χ1) is 9.75. The van der Waals surface area contributed by atoms with Gasteiger partial charge in [0.1, 0.15) is 0 Å². The van der Waals surface area contributed by atoms with Crippen molar-refractivity contribution in [3.63, 3.8) is 0 Å². The van der Waals surface area contributed by atoms with Gasteiger partial charge in [0, 0.05) is 11.5 Å². The van der Waals surface area contributed by atoms with E-state index in [9.17, 15) is 18.0 Å². The zero-order chi connectivity index (χ0) is 16.2. The summed E-state index contributed by atoms with van der Waals surface area (Å²) in [4.78, 5) is 23.4. The molecule has 0 aliphatic carbocycles. The van der Waals surface area contributed by atoms with Crippen LogP contribution in [0.5, 0.6) is 0 Å². The number of hydrogen-bond acceptors (Lipinski definition) is 5. The average molecular weight is 312 g/mol. The number of ketones is 1. The van der Waals surface area contributed by atoms with Crippen LogP contribution in [0.4, 0.5) is 0 Å². The van der Waals surface area contributed by atoms with E-state index in [2.05, 4.69) is 4.74 Å². The molecule has 0 heterocycles. The lowest BCUT2D eigenvalue weighted by molar-refractivity contribution is -0.140. The molecule has 1 atom stereocenters. The summed E-state index contributed by atoms with van der Waals surface area (Å²) >= 11 is 0. The van der Waals surface area contributed by atoms with Crippen molar-refractivity contribution < 1.29 is 22.7 Å². The van der Waals surface area contributed by atoms with Crippen molar-refractivity contribution in [2.24, 2.45) is 5.92 Å². The van der Waals surface area contributed by atoms with Crippen molar-refractivity contribution in [2.75, 3.05) is 7.11 Å². The van der Waals surface area contributed by atoms with E-state index < -0.39 is 21.1 Å². The third-order valence-corrected chi connectivity index (χ3v) is 5.41. The summed E-state index contributed by atoms with van der Waals surface area (Å²) in [6, 6.07) is 5.66. The molecule has 0 aliphatic heterocycles. The second-order valence-corrected chi connectivity index (χ2v) is 7.14. The molecule has 0 aliphatic rings. The van der Waals surface area contributed by atoms with Gasteiger partial charge in [0.25, 0.3) is 0 Å². The number of sulfone groups is 1. The number of carbonyl (C=O) groups is 2. The van der Waals surface area contributed by atoms with Crippen LogP contribution in [0.2, 0.25) is 0 Å². The molecule has 6 heteroatoms. The minimum atomic E-state index is -3.81. The molecule has 0 amide bonds. The van der Waals surface area contributed by atoms with Gasteiger partial charge >= 0.3 is 5.97 Å². The Morgan fingerprint density at radius 2 is 1.67 bits per heavy atom. The van der Waals surface area contributed by atoms with Gasteiger partial charge in [-0.3, -0.25) is 9.59 Å². The fraction of sp³-hybridized carbons (Fsp3) is 0.467. The SMILES string of the molecule is CCC(C(=O)OC)S(=O)(=O)c1ccc(C(=O)C(C)C)cc1. The van der Waals surface area contributed by atoms with E-state index in [4.69, 9.17) is 0 Å². The maximum Gasteiger partial charge on any atom is 0.324 e. The van der Waals surface area contributed by atoms with Crippen LogP contribution >= 0.6 is 0 Å². The van der Waals surface area contributed by atoms with Crippen molar-refractivity contribution in [1.82, 2.24) is 0 Å². The zero-order valence-electron chi connectivity index (χ0n) is 12.6. The molecule has 1 unspecified atom stereocenters. The van der Waals surface area contributed by atoms with Gasteiger partial charge in [-0.25, -0.2) is 8.42 Å². The quantitative estimate of drug-likeness (QED) is 0.595. The number of Topliss-reactive ketones (excluding diaryl/α,β-unsaturated/α-hetero) is 1. The van der Waals surface area contributed by atoms with E-state index in [0.29, 0.717) is 5.56 Å². The maximum atomic E-state index is 12.4. The third kappa shape index (κ3) is 3.69. The molecule has 0 radical (unpaired) electrons. The minimum Gasteiger partial charge on any atom is -0.468 e. The number of methoxy groups -OCH3 is 1. The lowest BCUT2D eigenvalue weighted by Gasteiger charge is -2.14. The first-order valence-electron chi connectivity index (χ1n) is 6.71. The number of esters is 1. The third-order valence-electron chi connectivity index (χ3n) is 3.20. The second-order valence-electron chi connectivity index (χ2n) is 5.01. The van der Waals surface area contributed by atoms with Crippen LogP contribution in [0.1, 0.15) is 37.6 Å². The van der Waals surface area contributed by atoms with Gasteiger partial charge in [0.15, 0.2) is 20.9 Å². The summed E-state index contributed by atoms with van der Waals surface area (Å²) < 4.78 is 29.3. The maximum absolute atomic E-state index is 12.4. The summed E-state index contributed by atoms with van der Waals surface area (Å²) in [6.45, 7) is 5.16. The Morgan fingerprint density at radius 1 is 1.14 bits per heavy atom. The van der Waals surface area contributed by atoms with Gasteiger partial charge in [-0.15, -0.1) is 0 Å². The lowest BCUT2D eigenvalue weighted by atomic mass is 10.0. The largest absolute Gasteiger partial charge is 0.468 e. The number of hydrogen-bond donors (Lipinski definition) is 0. The van der Waals surface area contributed by atoms with Crippen LogP contribution in [0, 0.1) is 5.92 Å². The minimum absolute atomic E-state index is 0.0139. The Morgan fingerprint density at radius 3 is 2.05 bits per heavy atom. The number of carbonyl (C=O) groups excluding carboxylic acids is 2. The Bertz CT molecular complexity index is 614. The molecular formula is C15H20O5S. The highest BCUT2D eigenvalue weighted by atomic mass is 32.2. The fourth-order valence-corrected chi connectivity index (χ4v) is 3.58. The molecule has 0 bridgehead atoms. The molecule has 21 heavy (non-hydrogen) atoms. The van der Waals surface area contributed by atoms with Gasteiger partial charge in [-0.05, 0) is 18.6 Å². The summed E-state index contributed by atoms with van der Waals surface area (Å²) in [7, 11) is -2.65. The summed E-state index contributed by atoms with van der Waals surface area (Å²) in [6.07, 6.45) is 0.127. The first kappa shape index (κ1) is 17.4. The molecular weight excluding hydrogens is 292 g/mol. The smallest absolute Gasteiger partial charge is 0.324 e. The van der Waals surface area contributed by atoms with Crippen LogP contribution in [0.3, 0.4) is 0 Å². The van der Waals surface area contributed by atoms with Crippen LogP contribution in [-0.4, -0.2) is 32.5 Å². The molecule has 0 spiro atoms. The van der Waals surface area contributed by atoms with E-state index in [1.54, 1.807) is 20.8 Å². The molecule has 0 fully saturated rings. The van der Waals surface area contributed by atoms with Crippen molar-refractivity contribution in [3.05, 3.63) is 29.8 Å². The topological polar surface area (TPSA) is 77.5 Å². The van der Waals surface area contributed by atoms with Gasteiger partial charge in [-0.2, -0.15) is 0 Å². The molecule has 0 saturated carbocycles. The van der Waals surface area contributed by atoms with E-state index in [1.807, 2.05) is 0 Å². The molecule has 0 saturated heterocycles. The Hall–Kier alpha value is -1.69. The number of benzene rings is 1.